The van der Waals surface area contributed by atoms with Crippen LogP contribution in [0.5, 0.6) is 0 Å². The molecule has 0 bridgehead atoms. The van der Waals surface area contributed by atoms with Crippen LogP contribution in [0.4, 0.5) is 8.78 Å². The number of nitrogens with zero attached hydrogens (tertiary/aromatic N) is 2. The number of halogens is 3. The van der Waals surface area contributed by atoms with E-state index < -0.39 is 11.6 Å². The van der Waals surface area contributed by atoms with Crippen molar-refractivity contribution in [3.8, 4) is 11.4 Å². The lowest BCUT2D eigenvalue weighted by atomic mass is 10.1. The minimum Gasteiger partial charge on any atom is -0.228 e. The van der Waals surface area contributed by atoms with Crippen LogP contribution in [0.25, 0.3) is 22.3 Å². The highest BCUT2D eigenvalue weighted by atomic mass is 35.5. The van der Waals surface area contributed by atoms with Gasteiger partial charge in [-0.3, -0.25) is 0 Å². The molecule has 0 radical (unpaired) electrons. The van der Waals surface area contributed by atoms with Gasteiger partial charge in [0.1, 0.15) is 16.8 Å². The lowest BCUT2D eigenvalue weighted by Crippen LogP contribution is -1.95. The summed E-state index contributed by atoms with van der Waals surface area (Å²) in [5, 5.41) is 0.508. The summed E-state index contributed by atoms with van der Waals surface area (Å²) in [6.45, 7) is 1.85. The first-order valence-corrected chi connectivity index (χ1v) is 6.32. The van der Waals surface area contributed by atoms with Crippen molar-refractivity contribution in [2.75, 3.05) is 0 Å². The van der Waals surface area contributed by atoms with E-state index in [-0.39, 0.29) is 16.5 Å². The molecule has 1 aromatic heterocycles. The molecule has 20 heavy (non-hydrogen) atoms. The third-order valence-corrected chi connectivity index (χ3v) is 3.26. The molecule has 5 heteroatoms. The quantitative estimate of drug-likeness (QED) is 0.615. The average Bonchev–Trinajstić information content (AvgIpc) is 2.42. The van der Waals surface area contributed by atoms with Gasteiger partial charge in [0.15, 0.2) is 5.82 Å². The molecule has 3 rings (SSSR count). The molecule has 0 aliphatic rings. The van der Waals surface area contributed by atoms with Gasteiger partial charge in [-0.25, -0.2) is 18.7 Å². The van der Waals surface area contributed by atoms with Crippen LogP contribution in [0.15, 0.2) is 36.4 Å². The third kappa shape index (κ3) is 2.23. The van der Waals surface area contributed by atoms with Crippen LogP contribution < -0.4 is 0 Å². The van der Waals surface area contributed by atoms with E-state index in [1.54, 1.807) is 12.1 Å². The predicted octanol–water partition coefficient (Wildman–Crippen LogP) is 4.54. The largest absolute Gasteiger partial charge is 0.228 e. The van der Waals surface area contributed by atoms with Crippen molar-refractivity contribution in [2.45, 2.75) is 6.92 Å². The SMILES string of the molecule is Cc1ccc(F)c(-c2nc(Cl)c3cc(F)ccc3n2)c1. The summed E-state index contributed by atoms with van der Waals surface area (Å²) < 4.78 is 27.1. The molecule has 0 saturated heterocycles. The summed E-state index contributed by atoms with van der Waals surface area (Å²) >= 11 is 6.04. The maximum Gasteiger partial charge on any atom is 0.164 e. The van der Waals surface area contributed by atoms with Gasteiger partial charge in [-0.1, -0.05) is 23.2 Å². The van der Waals surface area contributed by atoms with Crippen molar-refractivity contribution >= 4 is 22.5 Å². The van der Waals surface area contributed by atoms with Crippen LogP contribution in [0.1, 0.15) is 5.56 Å². The summed E-state index contributed by atoms with van der Waals surface area (Å²) in [6.07, 6.45) is 0. The molecular weight excluding hydrogens is 282 g/mol. The van der Waals surface area contributed by atoms with E-state index in [9.17, 15) is 8.78 Å². The molecule has 0 amide bonds. The molecule has 0 fully saturated rings. The Hall–Kier alpha value is -2.07. The van der Waals surface area contributed by atoms with Crippen LogP contribution >= 0.6 is 11.6 Å². The summed E-state index contributed by atoms with van der Waals surface area (Å²) in [6, 6.07) is 8.70. The number of hydrogen-bond acceptors (Lipinski definition) is 2. The molecule has 2 aromatic carbocycles. The van der Waals surface area contributed by atoms with Crippen molar-refractivity contribution < 1.29 is 8.78 Å². The molecule has 0 atom stereocenters. The highest BCUT2D eigenvalue weighted by Crippen LogP contribution is 2.27. The Kier molecular flexibility index (Phi) is 3.10. The van der Waals surface area contributed by atoms with E-state index in [1.165, 1.54) is 24.3 Å². The Balaban J connectivity index is 2.27. The number of rotatable bonds is 1. The van der Waals surface area contributed by atoms with Crippen molar-refractivity contribution in [3.63, 3.8) is 0 Å². The minimum absolute atomic E-state index is 0.102. The monoisotopic (exact) mass is 290 g/mol. The van der Waals surface area contributed by atoms with Gasteiger partial charge < -0.3 is 0 Å². The maximum atomic E-state index is 13.9. The number of fused-ring (bicyclic) bond motifs is 1. The van der Waals surface area contributed by atoms with Crippen LogP contribution in [0.2, 0.25) is 5.15 Å². The summed E-state index contributed by atoms with van der Waals surface area (Å²) in [5.41, 5.74) is 1.64. The predicted molar refractivity (Wildman–Crippen MR) is 74.6 cm³/mol. The molecular formula is C15H9ClF2N2. The zero-order valence-electron chi connectivity index (χ0n) is 10.5. The summed E-state index contributed by atoms with van der Waals surface area (Å²) in [5.74, 6) is -0.652. The lowest BCUT2D eigenvalue weighted by molar-refractivity contribution is 0.628. The Bertz CT molecular complexity index is 818. The molecule has 0 N–H and O–H groups in total. The number of benzene rings is 2. The Morgan fingerprint density at radius 3 is 2.60 bits per heavy atom. The Morgan fingerprint density at radius 1 is 1.00 bits per heavy atom. The van der Waals surface area contributed by atoms with E-state index in [0.29, 0.717) is 10.9 Å². The molecule has 100 valence electrons. The lowest BCUT2D eigenvalue weighted by Gasteiger charge is -2.06. The molecule has 0 spiro atoms. The van der Waals surface area contributed by atoms with Gasteiger partial charge in [-0.2, -0.15) is 0 Å². The van der Waals surface area contributed by atoms with Crippen LogP contribution in [0, 0.1) is 18.6 Å². The second kappa shape index (κ2) is 4.80. The normalized spacial score (nSPS) is 11.0. The van der Waals surface area contributed by atoms with Gasteiger partial charge in [-0.15, -0.1) is 0 Å². The summed E-state index contributed by atoms with van der Waals surface area (Å²) in [4.78, 5) is 8.31. The molecule has 1 heterocycles. The Morgan fingerprint density at radius 2 is 1.80 bits per heavy atom. The standard InChI is InChI=1S/C15H9ClF2N2/c1-8-2-4-12(18)10(6-8)15-19-13-5-3-9(17)7-11(13)14(16)20-15/h2-7H,1H3. The zero-order chi connectivity index (χ0) is 14.3. The van der Waals surface area contributed by atoms with E-state index in [2.05, 4.69) is 9.97 Å². The van der Waals surface area contributed by atoms with Gasteiger partial charge in [-0.05, 0) is 37.3 Å². The first-order valence-electron chi connectivity index (χ1n) is 5.94. The maximum absolute atomic E-state index is 13.9. The molecule has 0 aliphatic carbocycles. The molecule has 0 unspecified atom stereocenters. The molecule has 0 aliphatic heterocycles. The van der Waals surface area contributed by atoms with Gasteiger partial charge in [0.05, 0.1) is 11.1 Å². The highest BCUT2D eigenvalue weighted by Gasteiger charge is 2.12. The fourth-order valence-electron chi connectivity index (χ4n) is 1.99. The van der Waals surface area contributed by atoms with Crippen molar-refractivity contribution in [3.05, 3.63) is 58.7 Å². The fourth-order valence-corrected chi connectivity index (χ4v) is 2.23. The number of aryl methyl sites for hydroxylation is 1. The smallest absolute Gasteiger partial charge is 0.164 e. The molecule has 2 nitrogen and oxygen atoms in total. The third-order valence-electron chi connectivity index (χ3n) is 2.97. The molecule has 3 aromatic rings. The van der Waals surface area contributed by atoms with E-state index in [1.807, 2.05) is 6.92 Å². The summed E-state index contributed by atoms with van der Waals surface area (Å²) in [7, 11) is 0. The van der Waals surface area contributed by atoms with E-state index in [0.717, 1.165) is 5.56 Å². The van der Waals surface area contributed by atoms with Crippen LogP contribution in [-0.2, 0) is 0 Å². The fraction of sp³-hybridized carbons (Fsp3) is 0.0667. The van der Waals surface area contributed by atoms with E-state index in [4.69, 9.17) is 11.6 Å². The zero-order valence-corrected chi connectivity index (χ0v) is 11.2. The Labute approximate surface area is 119 Å². The minimum atomic E-state index is -0.423. The highest BCUT2D eigenvalue weighted by molar-refractivity contribution is 6.34. The molecule has 0 saturated carbocycles. The number of aromatic nitrogens is 2. The first kappa shape index (κ1) is 12.9. The van der Waals surface area contributed by atoms with Gasteiger partial charge >= 0.3 is 0 Å². The van der Waals surface area contributed by atoms with Crippen molar-refractivity contribution in [1.82, 2.24) is 9.97 Å². The van der Waals surface area contributed by atoms with E-state index >= 15 is 0 Å². The van der Waals surface area contributed by atoms with Crippen molar-refractivity contribution in [2.24, 2.45) is 0 Å². The first-order chi connectivity index (χ1) is 9.54. The van der Waals surface area contributed by atoms with Crippen LogP contribution in [0.3, 0.4) is 0 Å². The van der Waals surface area contributed by atoms with Gasteiger partial charge in [0.2, 0.25) is 0 Å². The topological polar surface area (TPSA) is 25.8 Å². The van der Waals surface area contributed by atoms with Gasteiger partial charge in [0.25, 0.3) is 0 Å². The van der Waals surface area contributed by atoms with Gasteiger partial charge in [0, 0.05) is 5.39 Å². The average molecular weight is 291 g/mol. The van der Waals surface area contributed by atoms with Crippen LogP contribution in [-0.4, -0.2) is 9.97 Å². The van der Waals surface area contributed by atoms with Crippen molar-refractivity contribution in [1.29, 1.82) is 0 Å². The second-order valence-corrected chi connectivity index (χ2v) is 4.84. The number of hydrogen-bond donors (Lipinski definition) is 0. The second-order valence-electron chi connectivity index (χ2n) is 4.48.